The standard InChI is InChI=1S/C24H31ClFN3O4S/c1-4-22(24(31)27-5-2)28(17-18-8-10-19(25)11-9-18)23(30)7-6-16-29(34(3,32)33)21-14-12-20(26)13-15-21/h8-15,22H,4-7,16-17H2,1-3H3,(H,27,31)/t22-/m0/s1. The summed E-state index contributed by atoms with van der Waals surface area (Å²) >= 11 is 5.97. The Balaban J connectivity index is 2.18. The quantitative estimate of drug-likeness (QED) is 0.467. The van der Waals surface area contributed by atoms with Crippen LogP contribution in [0.4, 0.5) is 10.1 Å². The lowest BCUT2D eigenvalue weighted by molar-refractivity contribution is -0.141. The number of benzene rings is 2. The molecule has 2 rings (SSSR count). The van der Waals surface area contributed by atoms with E-state index in [1.165, 1.54) is 29.2 Å². The van der Waals surface area contributed by atoms with Crippen LogP contribution in [0, 0.1) is 5.82 Å². The Kier molecular flexibility index (Phi) is 10.3. The van der Waals surface area contributed by atoms with E-state index < -0.39 is 21.9 Å². The summed E-state index contributed by atoms with van der Waals surface area (Å²) in [4.78, 5) is 27.4. The summed E-state index contributed by atoms with van der Waals surface area (Å²) in [7, 11) is -3.63. The van der Waals surface area contributed by atoms with Crippen molar-refractivity contribution in [1.29, 1.82) is 0 Å². The van der Waals surface area contributed by atoms with Gasteiger partial charge in [-0.2, -0.15) is 0 Å². The number of likely N-dealkylation sites (N-methyl/N-ethyl adjacent to an activating group) is 1. The smallest absolute Gasteiger partial charge is 0.242 e. The van der Waals surface area contributed by atoms with Gasteiger partial charge in [-0.1, -0.05) is 30.7 Å². The molecule has 0 aliphatic heterocycles. The highest BCUT2D eigenvalue weighted by Crippen LogP contribution is 2.20. The summed E-state index contributed by atoms with van der Waals surface area (Å²) < 4.78 is 39.0. The fourth-order valence-electron chi connectivity index (χ4n) is 3.61. The van der Waals surface area contributed by atoms with Crippen LogP contribution in [0.25, 0.3) is 0 Å². The number of sulfonamides is 1. The molecule has 0 radical (unpaired) electrons. The summed E-state index contributed by atoms with van der Waals surface area (Å²) in [5, 5.41) is 3.34. The number of hydrogen-bond acceptors (Lipinski definition) is 4. The van der Waals surface area contributed by atoms with Crippen LogP contribution in [0.2, 0.25) is 5.02 Å². The predicted octanol–water partition coefficient (Wildman–Crippen LogP) is 3.97. The van der Waals surface area contributed by atoms with Crippen molar-refractivity contribution in [3.63, 3.8) is 0 Å². The Bertz CT molecular complexity index is 1060. The highest BCUT2D eigenvalue weighted by Gasteiger charge is 2.28. The van der Waals surface area contributed by atoms with E-state index in [9.17, 15) is 22.4 Å². The molecule has 0 bridgehead atoms. The molecule has 0 aromatic heterocycles. The van der Waals surface area contributed by atoms with E-state index in [-0.39, 0.29) is 37.7 Å². The van der Waals surface area contributed by atoms with E-state index in [1.54, 1.807) is 24.3 Å². The van der Waals surface area contributed by atoms with Gasteiger partial charge in [-0.25, -0.2) is 12.8 Å². The van der Waals surface area contributed by atoms with Crippen LogP contribution in [-0.2, 0) is 26.2 Å². The highest BCUT2D eigenvalue weighted by atomic mass is 35.5. The monoisotopic (exact) mass is 511 g/mol. The summed E-state index contributed by atoms with van der Waals surface area (Å²) in [5.41, 5.74) is 1.15. The maximum absolute atomic E-state index is 13.3. The number of nitrogens with one attached hydrogen (secondary N) is 1. The minimum absolute atomic E-state index is 0.0384. The van der Waals surface area contributed by atoms with E-state index in [0.29, 0.717) is 23.7 Å². The number of carbonyl (C=O) groups is 2. The Morgan fingerprint density at radius 1 is 1.06 bits per heavy atom. The molecule has 2 aromatic carbocycles. The van der Waals surface area contributed by atoms with Crippen LogP contribution in [0.3, 0.4) is 0 Å². The van der Waals surface area contributed by atoms with Gasteiger partial charge in [-0.3, -0.25) is 13.9 Å². The van der Waals surface area contributed by atoms with Gasteiger partial charge in [0.05, 0.1) is 11.9 Å². The third kappa shape index (κ3) is 7.99. The van der Waals surface area contributed by atoms with E-state index in [4.69, 9.17) is 11.6 Å². The average molecular weight is 512 g/mol. The van der Waals surface area contributed by atoms with Gasteiger partial charge in [0.1, 0.15) is 11.9 Å². The number of carbonyl (C=O) groups excluding carboxylic acids is 2. The summed E-state index contributed by atoms with van der Waals surface area (Å²) in [6.45, 7) is 4.36. The molecule has 0 fully saturated rings. The number of anilines is 1. The largest absolute Gasteiger partial charge is 0.355 e. The molecular formula is C24H31ClFN3O4S. The zero-order valence-electron chi connectivity index (χ0n) is 19.6. The average Bonchev–Trinajstić information content (AvgIpc) is 2.78. The molecule has 34 heavy (non-hydrogen) atoms. The second kappa shape index (κ2) is 12.7. The second-order valence-electron chi connectivity index (χ2n) is 7.88. The minimum Gasteiger partial charge on any atom is -0.355 e. The molecule has 7 nitrogen and oxygen atoms in total. The first-order valence-corrected chi connectivity index (χ1v) is 13.3. The van der Waals surface area contributed by atoms with E-state index in [0.717, 1.165) is 16.1 Å². The fraction of sp³-hybridized carbons (Fsp3) is 0.417. The van der Waals surface area contributed by atoms with Crippen LogP contribution >= 0.6 is 11.6 Å². The SMILES string of the molecule is CCNC(=O)[C@H](CC)N(Cc1ccc(Cl)cc1)C(=O)CCCN(c1ccc(F)cc1)S(C)(=O)=O. The molecule has 0 heterocycles. The molecule has 2 amide bonds. The number of halogens is 2. The molecule has 0 aliphatic carbocycles. The van der Waals surface area contributed by atoms with Gasteiger partial charge in [0.25, 0.3) is 0 Å². The Labute approximate surface area is 205 Å². The van der Waals surface area contributed by atoms with Crippen LogP contribution in [-0.4, -0.2) is 50.5 Å². The number of nitrogens with zero attached hydrogens (tertiary/aromatic N) is 2. The van der Waals surface area contributed by atoms with E-state index in [1.807, 2.05) is 13.8 Å². The lowest BCUT2D eigenvalue weighted by Gasteiger charge is -2.31. The second-order valence-corrected chi connectivity index (χ2v) is 10.2. The lowest BCUT2D eigenvalue weighted by Crippen LogP contribution is -2.49. The van der Waals surface area contributed by atoms with Crippen molar-refractivity contribution < 1.29 is 22.4 Å². The number of rotatable bonds is 12. The molecule has 0 spiro atoms. The molecule has 10 heteroatoms. The van der Waals surface area contributed by atoms with E-state index >= 15 is 0 Å². The summed E-state index contributed by atoms with van der Waals surface area (Å²) in [5.74, 6) is -0.974. The minimum atomic E-state index is -3.63. The molecule has 0 unspecified atom stereocenters. The van der Waals surface area contributed by atoms with Gasteiger partial charge in [-0.15, -0.1) is 0 Å². The zero-order valence-corrected chi connectivity index (χ0v) is 21.2. The number of amides is 2. The van der Waals surface area contributed by atoms with Crippen LogP contribution in [0.15, 0.2) is 48.5 Å². The van der Waals surface area contributed by atoms with E-state index in [2.05, 4.69) is 5.32 Å². The fourth-order valence-corrected chi connectivity index (χ4v) is 4.70. The van der Waals surface area contributed by atoms with Crippen LogP contribution in [0.5, 0.6) is 0 Å². The molecule has 0 aliphatic rings. The third-order valence-electron chi connectivity index (χ3n) is 5.27. The van der Waals surface area contributed by atoms with Crippen LogP contribution in [0.1, 0.15) is 38.7 Å². The predicted molar refractivity (Wildman–Crippen MR) is 133 cm³/mol. The molecule has 0 saturated carbocycles. The summed E-state index contributed by atoms with van der Waals surface area (Å²) in [6.07, 6.45) is 1.76. The molecule has 0 saturated heterocycles. The van der Waals surface area contributed by atoms with Gasteiger partial charge in [0, 0.05) is 31.1 Å². The first kappa shape index (κ1) is 27.6. The van der Waals surface area contributed by atoms with Crippen molar-refractivity contribution in [3.8, 4) is 0 Å². The highest BCUT2D eigenvalue weighted by molar-refractivity contribution is 7.92. The molecular weight excluding hydrogens is 481 g/mol. The molecule has 1 atom stereocenters. The first-order valence-electron chi connectivity index (χ1n) is 11.1. The van der Waals surface area contributed by atoms with Gasteiger partial charge >= 0.3 is 0 Å². The third-order valence-corrected chi connectivity index (χ3v) is 6.72. The topological polar surface area (TPSA) is 86.8 Å². The molecule has 2 aromatic rings. The normalized spacial score (nSPS) is 12.1. The maximum Gasteiger partial charge on any atom is 0.242 e. The van der Waals surface area contributed by atoms with Crippen molar-refractivity contribution in [1.82, 2.24) is 10.2 Å². The van der Waals surface area contributed by atoms with Gasteiger partial charge in [-0.05, 0) is 61.7 Å². The zero-order chi connectivity index (χ0) is 25.3. The van der Waals surface area contributed by atoms with Gasteiger partial charge in [0.2, 0.25) is 21.8 Å². The Morgan fingerprint density at radius 2 is 1.68 bits per heavy atom. The van der Waals surface area contributed by atoms with Crippen molar-refractivity contribution in [2.24, 2.45) is 0 Å². The molecule has 1 N–H and O–H groups in total. The van der Waals surface area contributed by atoms with Crippen molar-refractivity contribution in [3.05, 3.63) is 64.9 Å². The van der Waals surface area contributed by atoms with Crippen molar-refractivity contribution >= 4 is 39.1 Å². The van der Waals surface area contributed by atoms with Gasteiger partial charge in [0.15, 0.2) is 0 Å². The Hall–Kier alpha value is -2.65. The first-order chi connectivity index (χ1) is 16.1. The number of hydrogen-bond donors (Lipinski definition) is 1. The lowest BCUT2D eigenvalue weighted by atomic mass is 10.1. The van der Waals surface area contributed by atoms with Crippen molar-refractivity contribution in [2.75, 3.05) is 23.7 Å². The molecule has 186 valence electrons. The Morgan fingerprint density at radius 3 is 2.21 bits per heavy atom. The summed E-state index contributed by atoms with van der Waals surface area (Å²) in [6, 6.07) is 11.5. The van der Waals surface area contributed by atoms with Gasteiger partial charge < -0.3 is 10.2 Å². The van der Waals surface area contributed by atoms with Crippen LogP contribution < -0.4 is 9.62 Å². The van der Waals surface area contributed by atoms with Crippen molar-refractivity contribution in [2.45, 2.75) is 45.7 Å². The maximum atomic E-state index is 13.3.